The number of hydrogen-bond acceptors (Lipinski definition) is 13. The Morgan fingerprint density at radius 3 is 2.43 bits per heavy atom. The number of hydrogen-bond donors (Lipinski definition) is 3. The van der Waals surface area contributed by atoms with Crippen LogP contribution < -0.4 is 25.4 Å². The smallest absolute Gasteiger partial charge is 0.271 e. The minimum absolute atomic E-state index is 0.0162. The summed E-state index contributed by atoms with van der Waals surface area (Å²) >= 11 is 1.63. The third-order valence-corrected chi connectivity index (χ3v) is 14.0. The van der Waals surface area contributed by atoms with Crippen molar-refractivity contribution < 1.29 is 46.7 Å². The number of halogens is 2. The predicted octanol–water partition coefficient (Wildman–Crippen LogP) is 4.88. The monoisotopic (exact) mass is 947 g/mol. The summed E-state index contributed by atoms with van der Waals surface area (Å²) in [5, 5.41) is 14.8. The van der Waals surface area contributed by atoms with E-state index in [0.717, 1.165) is 86.1 Å². The van der Waals surface area contributed by atoms with Gasteiger partial charge in [-0.3, -0.25) is 29.1 Å². The molecule has 3 N–H and O–H groups in total. The summed E-state index contributed by atoms with van der Waals surface area (Å²) in [5.41, 5.74) is 0.991. The van der Waals surface area contributed by atoms with E-state index in [1.807, 2.05) is 17.5 Å². The van der Waals surface area contributed by atoms with E-state index < -0.39 is 35.5 Å². The maximum Gasteiger partial charge on any atom is 0.271 e. The van der Waals surface area contributed by atoms with Gasteiger partial charge in [-0.05, 0) is 74.3 Å². The molecule has 0 spiro atoms. The second kappa shape index (κ2) is 21.9. The predicted molar refractivity (Wildman–Crippen MR) is 246 cm³/mol. The highest BCUT2D eigenvalue weighted by Crippen LogP contribution is 2.33. The third kappa shape index (κ3) is 11.2. The van der Waals surface area contributed by atoms with E-state index in [1.54, 1.807) is 42.5 Å². The zero-order valence-electron chi connectivity index (χ0n) is 38.2. The number of fused-ring (bicyclic) bond motifs is 2. The number of likely N-dealkylation sites (N-methyl/N-ethyl adjacent to an activating group) is 1. The molecule has 1 aliphatic carbocycles. The van der Waals surface area contributed by atoms with Crippen molar-refractivity contribution in [2.45, 2.75) is 76.6 Å². The molecule has 67 heavy (non-hydrogen) atoms. The van der Waals surface area contributed by atoms with Gasteiger partial charge in [0.05, 0.1) is 47.1 Å². The molecule has 5 aromatic rings. The fraction of sp³-hybridized carbons (Fsp3) is 0.532. The Balaban J connectivity index is 0.800. The van der Waals surface area contributed by atoms with E-state index in [9.17, 15) is 28.0 Å². The van der Waals surface area contributed by atoms with E-state index in [4.69, 9.17) is 18.7 Å². The highest BCUT2D eigenvalue weighted by Gasteiger charge is 2.38. The molecule has 1 saturated carbocycles. The van der Waals surface area contributed by atoms with E-state index in [-0.39, 0.29) is 98.5 Å². The lowest BCUT2D eigenvalue weighted by molar-refractivity contribution is -0.140. The Kier molecular flexibility index (Phi) is 15.6. The molecule has 4 amide bonds. The molecule has 3 fully saturated rings. The molecular formula is C47H59F2N9O8S. The molecule has 0 bridgehead atoms. The number of carbonyl (C=O) groups is 4. The number of nitrogens with one attached hydrogen (secondary N) is 3. The first-order chi connectivity index (χ1) is 32.5. The number of aryl methyl sites for hydroxylation is 1. The zero-order valence-corrected chi connectivity index (χ0v) is 39.0. The maximum atomic E-state index is 14.7. The van der Waals surface area contributed by atoms with E-state index >= 15 is 0 Å². The number of benzene rings is 1. The molecule has 4 aromatic heterocycles. The molecule has 0 radical (unpaired) electrons. The number of pyridine rings is 1. The summed E-state index contributed by atoms with van der Waals surface area (Å²) < 4.78 is 55.0. The Bertz CT molecular complexity index is 2530. The van der Waals surface area contributed by atoms with Crippen LogP contribution in [0.4, 0.5) is 8.78 Å². The summed E-state index contributed by atoms with van der Waals surface area (Å²) in [4.78, 5) is 64.9. The second-order valence-electron chi connectivity index (χ2n) is 17.5. The van der Waals surface area contributed by atoms with Crippen molar-refractivity contribution in [1.29, 1.82) is 0 Å². The van der Waals surface area contributed by atoms with Gasteiger partial charge in [-0.15, -0.1) is 11.3 Å². The lowest BCUT2D eigenvalue weighted by Gasteiger charge is -2.39. The van der Waals surface area contributed by atoms with Crippen LogP contribution in [0.1, 0.15) is 78.5 Å². The first-order valence-corrected chi connectivity index (χ1v) is 24.1. The maximum absolute atomic E-state index is 14.7. The zero-order chi connectivity index (χ0) is 47.0. The van der Waals surface area contributed by atoms with Gasteiger partial charge < -0.3 is 49.1 Å². The Labute approximate surface area is 391 Å². The number of aromatic nitrogens is 3. The Hall–Kier alpha value is -5.70. The third-order valence-electron chi connectivity index (χ3n) is 13.1. The second-order valence-corrected chi connectivity index (χ2v) is 18.4. The molecular weight excluding hydrogens is 889 g/mol. The number of rotatable bonds is 18. The fourth-order valence-electron chi connectivity index (χ4n) is 9.24. The number of piperazine rings is 1. The molecule has 6 heterocycles. The molecule has 2 saturated heterocycles. The summed E-state index contributed by atoms with van der Waals surface area (Å²) in [6.07, 6.45) is 8.42. The number of ether oxygens (including phenoxy) is 3. The van der Waals surface area contributed by atoms with Crippen LogP contribution in [0.5, 0.6) is 11.6 Å². The van der Waals surface area contributed by atoms with Crippen molar-refractivity contribution in [3.05, 3.63) is 70.6 Å². The van der Waals surface area contributed by atoms with Crippen molar-refractivity contribution in [3.8, 4) is 11.6 Å². The Morgan fingerprint density at radius 2 is 1.67 bits per heavy atom. The first-order valence-electron chi connectivity index (χ1n) is 23.2. The molecule has 17 nitrogen and oxygen atoms in total. The van der Waals surface area contributed by atoms with Crippen molar-refractivity contribution >= 4 is 56.1 Å². The largest absolute Gasteiger partial charge is 0.489 e. The van der Waals surface area contributed by atoms with Gasteiger partial charge in [0.15, 0.2) is 17.4 Å². The van der Waals surface area contributed by atoms with E-state index in [0.29, 0.717) is 18.2 Å². The first kappa shape index (κ1) is 47.8. The van der Waals surface area contributed by atoms with Crippen LogP contribution in [0.25, 0.3) is 21.1 Å². The van der Waals surface area contributed by atoms with Crippen molar-refractivity contribution in [1.82, 2.24) is 45.4 Å². The van der Waals surface area contributed by atoms with E-state index in [1.165, 1.54) is 16.5 Å². The molecule has 1 aromatic carbocycles. The molecule has 8 rings (SSSR count). The highest BCUT2D eigenvalue weighted by molar-refractivity contribution is 7.17. The normalized spacial score (nSPS) is 17.4. The van der Waals surface area contributed by atoms with Gasteiger partial charge in [-0.1, -0.05) is 19.3 Å². The summed E-state index contributed by atoms with van der Waals surface area (Å²) in [5.74, 6) is -1.97. The SMILES string of the molecule is CN[C@@H](C)C(=O)NC(C(=O)N1CCN(C(=O)c2c(C(=O)NCCOCCOc3cc(CN4CCC(Oc5ccnc6ccsc56)CC4)on3)c3cc(F)c(F)cc3n2C)CC1)C1CCCCC1. The number of likely N-dealkylation sites (tertiary alicyclic amines) is 1. The molecule has 360 valence electrons. The minimum Gasteiger partial charge on any atom is -0.489 e. The average Bonchev–Trinajstić information content (AvgIpc) is 4.09. The van der Waals surface area contributed by atoms with Gasteiger partial charge in [0.2, 0.25) is 11.8 Å². The summed E-state index contributed by atoms with van der Waals surface area (Å²) in [6, 6.07) is 6.42. The minimum atomic E-state index is -1.16. The van der Waals surface area contributed by atoms with Crippen molar-refractivity contribution in [2.75, 3.05) is 72.7 Å². The Morgan fingerprint density at radius 1 is 0.925 bits per heavy atom. The van der Waals surface area contributed by atoms with Crippen LogP contribution in [0.3, 0.4) is 0 Å². The van der Waals surface area contributed by atoms with Crippen LogP contribution in [-0.4, -0.2) is 144 Å². The van der Waals surface area contributed by atoms with E-state index in [2.05, 4.69) is 31.0 Å². The number of carbonyl (C=O) groups excluding carboxylic acids is 4. The number of amides is 4. The van der Waals surface area contributed by atoms with Crippen molar-refractivity contribution in [3.63, 3.8) is 0 Å². The molecule has 20 heteroatoms. The standard InChI is InChI=1S/C47H59F2N9O8S/c1-29(50-2)44(59)53-41(30-7-5-4-6-8-30)46(61)57-17-19-58(20-18-57)47(62)42-40(33-26-34(48)35(49)27-37(33)55(42)3)45(60)52-14-21-63-22-23-64-39-25-32(66-54-39)28-56-15-10-31(11-16-56)65-38-9-13-51-36-12-24-67-43(36)38/h9,12-13,24-27,29-31,41,50H,4-8,10-11,14-23,28H2,1-3H3,(H,52,60)(H,53,59)/t29-,41?/m0/s1. The lowest BCUT2D eigenvalue weighted by atomic mass is 9.83. The number of piperidine rings is 1. The molecule has 3 aliphatic rings. The van der Waals surface area contributed by atoms with Gasteiger partial charge in [-0.2, -0.15) is 0 Å². The topological polar surface area (TPSA) is 186 Å². The number of nitrogens with zero attached hydrogens (tertiary/aromatic N) is 6. The lowest BCUT2D eigenvalue weighted by Crippen LogP contribution is -2.59. The van der Waals surface area contributed by atoms with Crippen LogP contribution in [0, 0.1) is 17.6 Å². The van der Waals surface area contributed by atoms with Crippen LogP contribution in [0.15, 0.2) is 46.4 Å². The average molecular weight is 948 g/mol. The van der Waals surface area contributed by atoms with Crippen molar-refractivity contribution in [2.24, 2.45) is 13.0 Å². The summed E-state index contributed by atoms with van der Waals surface area (Å²) in [7, 11) is 3.22. The van der Waals surface area contributed by atoms with Crippen LogP contribution in [-0.2, 0) is 27.9 Å². The van der Waals surface area contributed by atoms with Gasteiger partial charge in [0, 0.05) is 76.6 Å². The van der Waals surface area contributed by atoms with Gasteiger partial charge in [0.25, 0.3) is 17.7 Å². The molecule has 2 aliphatic heterocycles. The highest BCUT2D eigenvalue weighted by atomic mass is 32.1. The van der Waals surface area contributed by atoms with Gasteiger partial charge >= 0.3 is 0 Å². The fourth-order valence-corrected chi connectivity index (χ4v) is 10.0. The van der Waals surface area contributed by atoms with Gasteiger partial charge in [-0.25, -0.2) is 8.78 Å². The quantitative estimate of drug-likeness (QED) is 0.101. The molecule has 1 unspecified atom stereocenters. The number of thiophene rings is 1. The van der Waals surface area contributed by atoms with Gasteiger partial charge in [0.1, 0.15) is 30.2 Å². The summed E-state index contributed by atoms with van der Waals surface area (Å²) in [6.45, 7) is 5.26. The van der Waals surface area contributed by atoms with Crippen LogP contribution >= 0.6 is 11.3 Å². The molecule has 2 atom stereocenters. The van der Waals surface area contributed by atoms with Crippen LogP contribution in [0.2, 0.25) is 0 Å².